The van der Waals surface area contributed by atoms with Gasteiger partial charge in [-0.1, -0.05) is 13.8 Å². The van der Waals surface area contributed by atoms with Gasteiger partial charge in [-0.3, -0.25) is 0 Å². The van der Waals surface area contributed by atoms with Crippen LogP contribution in [0.1, 0.15) is 49.7 Å². The van der Waals surface area contributed by atoms with Crippen LogP contribution in [0, 0.1) is 0 Å². The van der Waals surface area contributed by atoms with Crippen molar-refractivity contribution in [3.05, 3.63) is 17.1 Å². The molecule has 0 spiro atoms. The number of aromatic nitrogens is 2. The second kappa shape index (κ2) is 8.16. The molecular formula is C17H30N6O2S. The minimum atomic E-state index is -3.41. The first-order valence-corrected chi connectivity index (χ1v) is 10.9. The van der Waals surface area contributed by atoms with Crippen molar-refractivity contribution in [2.75, 3.05) is 45.1 Å². The number of nitrogens with zero attached hydrogens (tertiary/aromatic N) is 4. The van der Waals surface area contributed by atoms with Crippen LogP contribution in [0.3, 0.4) is 0 Å². The van der Waals surface area contributed by atoms with Crippen LogP contribution in [0.4, 0.5) is 5.82 Å². The smallest absolute Gasteiger partial charge is 0.281 e. The van der Waals surface area contributed by atoms with Crippen LogP contribution in [0.2, 0.25) is 0 Å². The van der Waals surface area contributed by atoms with Gasteiger partial charge in [-0.05, 0) is 12.8 Å². The zero-order valence-electron chi connectivity index (χ0n) is 16.0. The number of piperidine rings is 1. The number of hydrogen-bond donors (Lipinski definition) is 2. The molecule has 0 bridgehead atoms. The van der Waals surface area contributed by atoms with E-state index in [-0.39, 0.29) is 5.92 Å². The third-order valence-electron chi connectivity index (χ3n) is 5.29. The lowest BCUT2D eigenvalue weighted by Gasteiger charge is -2.34. The molecule has 0 aromatic carbocycles. The van der Waals surface area contributed by atoms with E-state index in [0.717, 1.165) is 55.3 Å². The van der Waals surface area contributed by atoms with Gasteiger partial charge in [-0.25, -0.2) is 9.97 Å². The monoisotopic (exact) mass is 382 g/mol. The number of hydrogen-bond acceptors (Lipinski definition) is 6. The molecule has 3 heterocycles. The number of rotatable bonds is 6. The fourth-order valence-electron chi connectivity index (χ4n) is 3.83. The molecule has 1 saturated heterocycles. The Morgan fingerprint density at radius 1 is 1.31 bits per heavy atom. The fourth-order valence-corrected chi connectivity index (χ4v) is 5.53. The van der Waals surface area contributed by atoms with E-state index >= 15 is 0 Å². The van der Waals surface area contributed by atoms with Crippen LogP contribution in [0.5, 0.6) is 0 Å². The van der Waals surface area contributed by atoms with Crippen molar-refractivity contribution < 1.29 is 8.42 Å². The van der Waals surface area contributed by atoms with E-state index in [4.69, 9.17) is 9.97 Å². The molecule has 146 valence electrons. The molecule has 0 amide bonds. The fraction of sp³-hybridized carbons (Fsp3) is 0.765. The highest BCUT2D eigenvalue weighted by atomic mass is 32.2. The number of anilines is 1. The summed E-state index contributed by atoms with van der Waals surface area (Å²) in [7, 11) is -1.54. The van der Waals surface area contributed by atoms with Gasteiger partial charge in [-0.2, -0.15) is 17.0 Å². The van der Waals surface area contributed by atoms with Crippen LogP contribution in [0.25, 0.3) is 0 Å². The lowest BCUT2D eigenvalue weighted by Crippen LogP contribution is -2.47. The quantitative estimate of drug-likeness (QED) is 0.761. The molecule has 1 aromatic heterocycles. The largest absolute Gasteiger partial charge is 0.373 e. The summed E-state index contributed by atoms with van der Waals surface area (Å²) in [5.41, 5.74) is 2.22. The second-order valence-electron chi connectivity index (χ2n) is 6.82. The van der Waals surface area contributed by atoms with Gasteiger partial charge in [0.25, 0.3) is 10.2 Å². The zero-order chi connectivity index (χ0) is 18.7. The Labute approximate surface area is 156 Å². The van der Waals surface area contributed by atoms with Crippen molar-refractivity contribution in [3.63, 3.8) is 0 Å². The second-order valence-corrected chi connectivity index (χ2v) is 8.75. The highest BCUT2D eigenvalue weighted by Crippen LogP contribution is 2.30. The summed E-state index contributed by atoms with van der Waals surface area (Å²) < 4.78 is 28.9. The molecule has 1 fully saturated rings. The molecule has 1 unspecified atom stereocenters. The van der Waals surface area contributed by atoms with E-state index in [1.54, 1.807) is 4.31 Å². The minimum absolute atomic E-state index is 0.0429. The van der Waals surface area contributed by atoms with Gasteiger partial charge < -0.3 is 10.6 Å². The molecule has 26 heavy (non-hydrogen) atoms. The van der Waals surface area contributed by atoms with Crippen molar-refractivity contribution in [1.29, 1.82) is 0 Å². The lowest BCUT2D eigenvalue weighted by atomic mass is 9.98. The number of fused-ring (bicyclic) bond motifs is 1. The average Bonchev–Trinajstić information content (AvgIpc) is 2.68. The SMILES string of the molecule is CCN(CC)S(=O)(=O)N1CCCC(c2nc3c(c(NC)n2)CNCC3)C1. The third kappa shape index (κ3) is 3.71. The first-order chi connectivity index (χ1) is 12.5. The Morgan fingerprint density at radius 2 is 2.08 bits per heavy atom. The Morgan fingerprint density at radius 3 is 2.77 bits per heavy atom. The van der Waals surface area contributed by atoms with Crippen LogP contribution in [-0.2, 0) is 23.2 Å². The third-order valence-corrected chi connectivity index (χ3v) is 7.45. The van der Waals surface area contributed by atoms with Gasteiger partial charge in [-0.15, -0.1) is 0 Å². The van der Waals surface area contributed by atoms with E-state index in [0.29, 0.717) is 26.2 Å². The van der Waals surface area contributed by atoms with E-state index < -0.39 is 10.2 Å². The first kappa shape index (κ1) is 19.5. The molecule has 2 aliphatic heterocycles. The summed E-state index contributed by atoms with van der Waals surface area (Å²) in [4.78, 5) is 9.55. The maximum absolute atomic E-state index is 12.9. The van der Waals surface area contributed by atoms with Crippen LogP contribution in [0.15, 0.2) is 0 Å². The van der Waals surface area contributed by atoms with Crippen LogP contribution >= 0.6 is 0 Å². The van der Waals surface area contributed by atoms with Crippen molar-refractivity contribution >= 4 is 16.0 Å². The van der Waals surface area contributed by atoms with E-state index in [2.05, 4.69) is 10.6 Å². The van der Waals surface area contributed by atoms with E-state index in [9.17, 15) is 8.42 Å². The Kier molecular flexibility index (Phi) is 6.11. The molecule has 2 N–H and O–H groups in total. The molecule has 0 saturated carbocycles. The normalized spacial score (nSPS) is 21.6. The molecule has 8 nitrogen and oxygen atoms in total. The van der Waals surface area contributed by atoms with Gasteiger partial charge in [0.15, 0.2) is 0 Å². The molecule has 0 aliphatic carbocycles. The topological polar surface area (TPSA) is 90.5 Å². The molecule has 0 radical (unpaired) electrons. The van der Waals surface area contributed by atoms with Gasteiger partial charge in [0, 0.05) is 64.2 Å². The number of nitrogens with one attached hydrogen (secondary N) is 2. The van der Waals surface area contributed by atoms with Crippen molar-refractivity contribution in [1.82, 2.24) is 23.9 Å². The molecule has 1 aromatic rings. The van der Waals surface area contributed by atoms with Gasteiger partial charge >= 0.3 is 0 Å². The Balaban J connectivity index is 1.86. The first-order valence-electron chi connectivity index (χ1n) is 9.54. The van der Waals surface area contributed by atoms with E-state index in [1.165, 1.54) is 4.31 Å². The maximum atomic E-state index is 12.9. The molecule has 1 atom stereocenters. The van der Waals surface area contributed by atoms with Crippen LogP contribution < -0.4 is 10.6 Å². The predicted molar refractivity (Wildman–Crippen MR) is 102 cm³/mol. The van der Waals surface area contributed by atoms with Gasteiger partial charge in [0.2, 0.25) is 0 Å². The van der Waals surface area contributed by atoms with Crippen molar-refractivity contribution in [2.45, 2.75) is 45.6 Å². The minimum Gasteiger partial charge on any atom is -0.373 e. The maximum Gasteiger partial charge on any atom is 0.281 e. The van der Waals surface area contributed by atoms with E-state index in [1.807, 2.05) is 20.9 Å². The van der Waals surface area contributed by atoms with Crippen LogP contribution in [-0.4, -0.2) is 66.8 Å². The summed E-state index contributed by atoms with van der Waals surface area (Å²) in [5.74, 6) is 1.68. The molecular weight excluding hydrogens is 352 g/mol. The highest BCUT2D eigenvalue weighted by Gasteiger charge is 2.34. The summed E-state index contributed by atoms with van der Waals surface area (Å²) in [6.45, 7) is 7.46. The average molecular weight is 383 g/mol. The molecule has 2 aliphatic rings. The molecule has 3 rings (SSSR count). The van der Waals surface area contributed by atoms with Gasteiger partial charge in [0.1, 0.15) is 11.6 Å². The Hall–Kier alpha value is -1.29. The summed E-state index contributed by atoms with van der Waals surface area (Å²) in [6.07, 6.45) is 2.64. The van der Waals surface area contributed by atoms with Crippen molar-refractivity contribution in [3.8, 4) is 0 Å². The lowest BCUT2D eigenvalue weighted by molar-refractivity contribution is 0.282. The van der Waals surface area contributed by atoms with Gasteiger partial charge in [0.05, 0.1) is 5.69 Å². The summed E-state index contributed by atoms with van der Waals surface area (Å²) in [5, 5.41) is 6.54. The molecule has 9 heteroatoms. The standard InChI is InChI=1S/C17H30N6O2S/c1-4-22(5-2)26(24,25)23-10-6-7-13(12-23)16-20-15-8-9-19-11-14(15)17(18-3)21-16/h13,19H,4-12H2,1-3H3,(H,18,20,21). The summed E-state index contributed by atoms with van der Waals surface area (Å²) >= 11 is 0. The highest BCUT2D eigenvalue weighted by molar-refractivity contribution is 7.86. The van der Waals surface area contributed by atoms with Crippen molar-refractivity contribution in [2.24, 2.45) is 0 Å². The zero-order valence-corrected chi connectivity index (χ0v) is 16.8. The summed E-state index contributed by atoms with van der Waals surface area (Å²) in [6, 6.07) is 0. The predicted octanol–water partition coefficient (Wildman–Crippen LogP) is 0.930. The Bertz CT molecular complexity index is 718.